The molecule has 1 N–H and O–H groups in total. The summed E-state index contributed by atoms with van der Waals surface area (Å²) in [6.07, 6.45) is 1.20. The number of ether oxygens (including phenoxy) is 1. The maximum Gasteiger partial charge on any atom is 0.205 e. The molecule has 0 saturated carbocycles. The van der Waals surface area contributed by atoms with Gasteiger partial charge in [-0.2, -0.15) is 5.21 Å². The number of pyridine rings is 1. The number of ketones is 1. The molecule has 0 saturated heterocycles. The van der Waals surface area contributed by atoms with E-state index in [0.29, 0.717) is 30.2 Å². The van der Waals surface area contributed by atoms with Crippen LogP contribution in [-0.2, 0) is 13.0 Å². The second-order valence-electron chi connectivity index (χ2n) is 7.47. The summed E-state index contributed by atoms with van der Waals surface area (Å²) in [5, 5.41) is 14.4. The Labute approximate surface area is 199 Å². The van der Waals surface area contributed by atoms with Crippen molar-refractivity contribution in [1.82, 2.24) is 25.6 Å². The minimum Gasteiger partial charge on any atom is -0.488 e. The number of aromatic amines is 1. The maximum atomic E-state index is 12.5. The van der Waals surface area contributed by atoms with Crippen LogP contribution in [0.3, 0.4) is 0 Å². The fourth-order valence-electron chi connectivity index (χ4n) is 3.66. The van der Waals surface area contributed by atoms with Crippen molar-refractivity contribution in [2.45, 2.75) is 40.2 Å². The summed E-state index contributed by atoms with van der Waals surface area (Å²) in [6, 6.07) is 18.0. The molecule has 0 spiro atoms. The van der Waals surface area contributed by atoms with Gasteiger partial charge in [0, 0.05) is 23.7 Å². The van der Waals surface area contributed by atoms with E-state index in [1.807, 2.05) is 75.4 Å². The van der Waals surface area contributed by atoms with Gasteiger partial charge in [-0.3, -0.25) is 9.78 Å². The van der Waals surface area contributed by atoms with E-state index in [-0.39, 0.29) is 18.2 Å². The second kappa shape index (κ2) is 10.8. The van der Waals surface area contributed by atoms with Gasteiger partial charge in [0.2, 0.25) is 5.82 Å². The first-order chi connectivity index (χ1) is 15.6. The number of benzene rings is 2. The largest absolute Gasteiger partial charge is 0.488 e. The number of H-pyrrole nitrogens is 1. The number of hydrogen-bond acceptors (Lipinski definition) is 6. The number of rotatable bonds is 8. The lowest BCUT2D eigenvalue weighted by molar-refractivity contribution is 0.0982. The van der Waals surface area contributed by atoms with Gasteiger partial charge in [0.05, 0.1) is 11.3 Å². The van der Waals surface area contributed by atoms with E-state index in [0.717, 1.165) is 40.1 Å². The molecule has 4 aromatic rings. The van der Waals surface area contributed by atoms with E-state index in [9.17, 15) is 4.79 Å². The van der Waals surface area contributed by atoms with Crippen LogP contribution in [0.25, 0.3) is 22.5 Å². The highest BCUT2D eigenvalue weighted by Gasteiger charge is 2.17. The molecule has 2 aromatic heterocycles. The van der Waals surface area contributed by atoms with Gasteiger partial charge in [-0.05, 0) is 35.2 Å². The average Bonchev–Trinajstić information content (AvgIpc) is 3.37. The smallest absolute Gasteiger partial charge is 0.205 e. The maximum absolute atomic E-state index is 12.5. The first-order valence-corrected chi connectivity index (χ1v) is 10.7. The van der Waals surface area contributed by atoms with E-state index in [4.69, 9.17) is 4.74 Å². The third kappa shape index (κ3) is 5.26. The Hall–Kier alpha value is -3.58. The number of aryl methyl sites for hydroxylation is 2. The molecule has 7 nitrogen and oxygen atoms in total. The van der Waals surface area contributed by atoms with Gasteiger partial charge in [-0.1, -0.05) is 62.4 Å². The molecule has 0 amide bonds. The van der Waals surface area contributed by atoms with Crippen molar-refractivity contribution in [2.24, 2.45) is 0 Å². The number of hydrogen-bond donors (Lipinski definition) is 1. The highest BCUT2D eigenvalue weighted by atomic mass is 35.5. The molecule has 0 unspecified atom stereocenters. The van der Waals surface area contributed by atoms with E-state index < -0.39 is 0 Å². The fourth-order valence-corrected chi connectivity index (χ4v) is 3.66. The van der Waals surface area contributed by atoms with Gasteiger partial charge in [0.15, 0.2) is 5.78 Å². The lowest BCUT2D eigenvalue weighted by Crippen LogP contribution is -2.09. The number of carbonyl (C=O) groups excluding carboxylic acids is 1. The Bertz CT molecular complexity index is 1220. The zero-order valence-electron chi connectivity index (χ0n) is 18.8. The Balaban J connectivity index is 0.00000306. The third-order valence-corrected chi connectivity index (χ3v) is 5.35. The number of nitrogens with zero attached hydrogens (tertiary/aromatic N) is 4. The van der Waals surface area contributed by atoms with Crippen molar-refractivity contribution < 1.29 is 9.53 Å². The van der Waals surface area contributed by atoms with Crippen LogP contribution < -0.4 is 4.74 Å². The van der Waals surface area contributed by atoms with Crippen LogP contribution in [0.4, 0.5) is 0 Å². The molecule has 0 bridgehead atoms. The SMILES string of the molecule is CCC(=O)c1c(OCc2ccc(-c3ccccc3-c3nn[nH]n3)cc2)cc(CC)nc1C.Cl. The summed E-state index contributed by atoms with van der Waals surface area (Å²) in [6.45, 7) is 6.12. The van der Waals surface area contributed by atoms with Gasteiger partial charge in [-0.15, -0.1) is 22.6 Å². The Kier molecular flexibility index (Phi) is 7.90. The van der Waals surface area contributed by atoms with Crippen LogP contribution in [0.15, 0.2) is 54.6 Å². The summed E-state index contributed by atoms with van der Waals surface area (Å²) >= 11 is 0. The van der Waals surface area contributed by atoms with Crippen molar-refractivity contribution >= 4 is 18.2 Å². The predicted molar refractivity (Wildman–Crippen MR) is 130 cm³/mol. The summed E-state index contributed by atoms with van der Waals surface area (Å²) in [7, 11) is 0. The lowest BCUT2D eigenvalue weighted by Gasteiger charge is -2.14. The van der Waals surface area contributed by atoms with E-state index >= 15 is 0 Å². The normalized spacial score (nSPS) is 10.5. The summed E-state index contributed by atoms with van der Waals surface area (Å²) in [5.74, 6) is 1.20. The Morgan fingerprint density at radius 2 is 1.76 bits per heavy atom. The average molecular weight is 464 g/mol. The highest BCUT2D eigenvalue weighted by Crippen LogP contribution is 2.30. The molecule has 2 heterocycles. The van der Waals surface area contributed by atoms with Gasteiger partial charge >= 0.3 is 0 Å². The molecular weight excluding hydrogens is 438 g/mol. The Morgan fingerprint density at radius 1 is 1.03 bits per heavy atom. The van der Waals surface area contributed by atoms with Crippen LogP contribution >= 0.6 is 12.4 Å². The number of aromatic nitrogens is 5. The van der Waals surface area contributed by atoms with Crippen LogP contribution in [0.5, 0.6) is 5.75 Å². The first-order valence-electron chi connectivity index (χ1n) is 10.7. The van der Waals surface area contributed by atoms with Gasteiger partial charge in [0.1, 0.15) is 12.4 Å². The number of tetrazole rings is 1. The molecule has 2 aromatic carbocycles. The van der Waals surface area contributed by atoms with Gasteiger partial charge in [0.25, 0.3) is 0 Å². The summed E-state index contributed by atoms with van der Waals surface area (Å²) < 4.78 is 6.10. The van der Waals surface area contributed by atoms with Crippen LogP contribution in [-0.4, -0.2) is 31.4 Å². The molecule has 4 rings (SSSR count). The van der Waals surface area contributed by atoms with E-state index in [2.05, 4.69) is 25.6 Å². The molecule has 0 aliphatic carbocycles. The molecular formula is C25H26ClN5O2. The van der Waals surface area contributed by atoms with Crippen LogP contribution in [0.1, 0.15) is 47.6 Å². The predicted octanol–water partition coefficient (Wildman–Crippen LogP) is 5.39. The number of nitrogens with one attached hydrogen (secondary N) is 1. The summed E-state index contributed by atoms with van der Waals surface area (Å²) in [4.78, 5) is 17.0. The van der Waals surface area contributed by atoms with E-state index in [1.165, 1.54) is 0 Å². The van der Waals surface area contributed by atoms with E-state index in [1.54, 1.807) is 0 Å². The van der Waals surface area contributed by atoms with Crippen molar-refractivity contribution in [3.8, 4) is 28.3 Å². The van der Waals surface area contributed by atoms with Crippen molar-refractivity contribution in [3.63, 3.8) is 0 Å². The highest BCUT2D eigenvalue weighted by molar-refractivity contribution is 5.99. The molecule has 8 heteroatoms. The minimum atomic E-state index is 0. The number of halogens is 1. The quantitative estimate of drug-likeness (QED) is 0.352. The topological polar surface area (TPSA) is 93.7 Å². The first kappa shape index (κ1) is 24.1. The number of Topliss-reactive ketones (excluding diaryl/α,β-unsaturated/α-hetero) is 1. The Morgan fingerprint density at radius 3 is 2.39 bits per heavy atom. The lowest BCUT2D eigenvalue weighted by atomic mass is 9.98. The zero-order valence-corrected chi connectivity index (χ0v) is 19.6. The minimum absolute atomic E-state index is 0. The van der Waals surface area contributed by atoms with Crippen molar-refractivity contribution in [3.05, 3.63) is 77.1 Å². The summed E-state index contributed by atoms with van der Waals surface area (Å²) in [5.41, 5.74) is 6.20. The zero-order chi connectivity index (χ0) is 22.5. The molecule has 0 aliphatic heterocycles. The van der Waals surface area contributed by atoms with Gasteiger partial charge < -0.3 is 4.74 Å². The van der Waals surface area contributed by atoms with Gasteiger partial charge in [-0.25, -0.2) is 0 Å². The second-order valence-corrected chi connectivity index (χ2v) is 7.47. The van der Waals surface area contributed by atoms with Crippen molar-refractivity contribution in [1.29, 1.82) is 0 Å². The molecule has 0 fully saturated rings. The number of carbonyl (C=O) groups is 1. The monoisotopic (exact) mass is 463 g/mol. The fraction of sp³-hybridized carbons (Fsp3) is 0.240. The third-order valence-electron chi connectivity index (χ3n) is 5.35. The molecule has 0 atom stereocenters. The van der Waals surface area contributed by atoms with Crippen LogP contribution in [0.2, 0.25) is 0 Å². The standard InChI is InChI=1S/C25H25N5O2.ClH/c1-4-19-14-23(24(16(3)26-19)22(31)5-2)32-15-17-10-12-18(13-11-17)20-8-6-7-9-21(20)25-27-29-30-28-25;/h6-14H,4-5,15H2,1-3H3,(H,27,28,29,30);1H. The molecule has 0 aliphatic rings. The molecule has 170 valence electrons. The molecule has 0 radical (unpaired) electrons. The molecule has 33 heavy (non-hydrogen) atoms. The van der Waals surface area contributed by atoms with Crippen LogP contribution in [0, 0.1) is 6.92 Å². The van der Waals surface area contributed by atoms with Crippen molar-refractivity contribution in [2.75, 3.05) is 0 Å².